The third kappa shape index (κ3) is 2.34. The smallest absolute Gasteiger partial charge is 0.273 e. The van der Waals surface area contributed by atoms with E-state index in [4.69, 9.17) is 0 Å². The molecule has 1 aliphatic heterocycles. The average molecular weight is 228 g/mol. The highest BCUT2D eigenvalue weighted by Crippen LogP contribution is 2.19. The van der Waals surface area contributed by atoms with Crippen molar-refractivity contribution in [2.75, 3.05) is 19.8 Å². The van der Waals surface area contributed by atoms with Crippen LogP contribution in [-0.2, 0) is 0 Å². The van der Waals surface area contributed by atoms with Gasteiger partial charge in [-0.05, 0) is 18.8 Å². The highest BCUT2D eigenvalue weighted by atomic mass is 32.1. The Morgan fingerprint density at radius 2 is 2.33 bits per heavy atom. The Hall–Kier alpha value is -0.970. The summed E-state index contributed by atoms with van der Waals surface area (Å²) in [7, 11) is 0. The zero-order valence-corrected chi connectivity index (χ0v) is 9.17. The van der Waals surface area contributed by atoms with Crippen molar-refractivity contribution in [3.8, 4) is 0 Å². The van der Waals surface area contributed by atoms with Gasteiger partial charge in [0.15, 0.2) is 0 Å². The minimum absolute atomic E-state index is 0.0199. The average Bonchev–Trinajstić information content (AvgIpc) is 2.82. The molecule has 3 nitrogen and oxygen atoms in total. The number of amides is 1. The van der Waals surface area contributed by atoms with E-state index < -0.39 is 0 Å². The topological polar surface area (TPSA) is 33.2 Å². The van der Waals surface area contributed by atoms with Gasteiger partial charge in [-0.2, -0.15) is 0 Å². The lowest BCUT2D eigenvalue weighted by Crippen LogP contribution is -2.39. The number of piperidine rings is 1. The SMILES string of the molecule is O=C(c1cscn1)N1CCC(CF)CC1. The predicted octanol–water partition coefficient (Wildman–Crippen LogP) is 1.96. The summed E-state index contributed by atoms with van der Waals surface area (Å²) in [4.78, 5) is 17.6. The standard InChI is InChI=1S/C10H13FN2OS/c11-5-8-1-3-13(4-2-8)10(14)9-6-15-7-12-9/h6-8H,1-5H2. The van der Waals surface area contributed by atoms with Crippen molar-refractivity contribution < 1.29 is 9.18 Å². The number of aromatic nitrogens is 1. The molecule has 1 amide bonds. The lowest BCUT2D eigenvalue weighted by atomic mass is 9.98. The van der Waals surface area contributed by atoms with Gasteiger partial charge in [0, 0.05) is 18.5 Å². The molecule has 1 aliphatic rings. The van der Waals surface area contributed by atoms with E-state index >= 15 is 0 Å². The Balaban J connectivity index is 1.93. The summed E-state index contributed by atoms with van der Waals surface area (Å²) in [5.41, 5.74) is 2.17. The summed E-state index contributed by atoms with van der Waals surface area (Å²) in [5.74, 6) is 0.123. The summed E-state index contributed by atoms with van der Waals surface area (Å²) >= 11 is 1.42. The maximum absolute atomic E-state index is 12.4. The highest BCUT2D eigenvalue weighted by molar-refractivity contribution is 7.07. The molecular weight excluding hydrogens is 215 g/mol. The molecule has 2 heterocycles. The van der Waals surface area contributed by atoms with E-state index in [2.05, 4.69) is 4.98 Å². The van der Waals surface area contributed by atoms with Crippen LogP contribution in [0.3, 0.4) is 0 Å². The van der Waals surface area contributed by atoms with E-state index in [-0.39, 0.29) is 18.5 Å². The summed E-state index contributed by atoms with van der Waals surface area (Å²) in [6.07, 6.45) is 1.54. The fourth-order valence-corrected chi connectivity index (χ4v) is 2.30. The zero-order valence-electron chi connectivity index (χ0n) is 8.36. The first kappa shape index (κ1) is 10.5. The third-order valence-electron chi connectivity index (χ3n) is 2.77. The predicted molar refractivity (Wildman–Crippen MR) is 56.7 cm³/mol. The van der Waals surface area contributed by atoms with Gasteiger partial charge in [-0.25, -0.2) is 4.98 Å². The molecule has 1 aromatic heterocycles. The Labute approximate surface area is 91.9 Å². The third-order valence-corrected chi connectivity index (χ3v) is 3.36. The molecule has 15 heavy (non-hydrogen) atoms. The minimum Gasteiger partial charge on any atom is -0.337 e. The maximum atomic E-state index is 12.4. The van der Waals surface area contributed by atoms with E-state index in [0.717, 1.165) is 12.8 Å². The van der Waals surface area contributed by atoms with Crippen molar-refractivity contribution in [2.45, 2.75) is 12.8 Å². The monoisotopic (exact) mass is 228 g/mol. The van der Waals surface area contributed by atoms with Crippen molar-refractivity contribution in [1.82, 2.24) is 9.88 Å². The summed E-state index contributed by atoms with van der Waals surface area (Å²) < 4.78 is 12.4. The Bertz CT molecular complexity index is 320. The number of alkyl halides is 1. The molecule has 0 N–H and O–H groups in total. The van der Waals surface area contributed by atoms with Crippen LogP contribution in [0.2, 0.25) is 0 Å². The molecule has 0 spiro atoms. The number of carbonyl (C=O) groups excluding carboxylic acids is 1. The lowest BCUT2D eigenvalue weighted by molar-refractivity contribution is 0.0672. The molecule has 0 aromatic carbocycles. The van der Waals surface area contributed by atoms with Gasteiger partial charge in [0.05, 0.1) is 12.2 Å². The molecule has 0 aliphatic carbocycles. The van der Waals surface area contributed by atoms with Gasteiger partial charge in [0.25, 0.3) is 5.91 Å². The quantitative estimate of drug-likeness (QED) is 0.775. The van der Waals surface area contributed by atoms with Crippen LogP contribution >= 0.6 is 11.3 Å². The molecular formula is C10H13FN2OS. The van der Waals surface area contributed by atoms with Crippen LogP contribution < -0.4 is 0 Å². The van der Waals surface area contributed by atoms with Gasteiger partial charge < -0.3 is 4.90 Å². The van der Waals surface area contributed by atoms with Gasteiger partial charge in [-0.3, -0.25) is 9.18 Å². The first-order chi connectivity index (χ1) is 7.31. The number of hydrogen-bond acceptors (Lipinski definition) is 3. The number of thiazole rings is 1. The summed E-state index contributed by atoms with van der Waals surface area (Å²) in [6, 6.07) is 0. The van der Waals surface area contributed by atoms with Gasteiger partial charge in [0.1, 0.15) is 5.69 Å². The van der Waals surface area contributed by atoms with Gasteiger partial charge in [-0.1, -0.05) is 0 Å². The molecule has 0 saturated carbocycles. The maximum Gasteiger partial charge on any atom is 0.273 e. The van der Waals surface area contributed by atoms with Crippen molar-refractivity contribution in [3.63, 3.8) is 0 Å². The fourth-order valence-electron chi connectivity index (χ4n) is 1.77. The number of likely N-dealkylation sites (tertiary alicyclic amines) is 1. The number of hydrogen-bond donors (Lipinski definition) is 0. The highest BCUT2D eigenvalue weighted by Gasteiger charge is 2.24. The van der Waals surface area contributed by atoms with E-state index in [9.17, 15) is 9.18 Å². The van der Waals surface area contributed by atoms with Crippen molar-refractivity contribution >= 4 is 17.2 Å². The number of nitrogens with zero attached hydrogens (tertiary/aromatic N) is 2. The fraction of sp³-hybridized carbons (Fsp3) is 0.600. The van der Waals surface area contributed by atoms with Crippen LogP contribution in [0.25, 0.3) is 0 Å². The Morgan fingerprint density at radius 1 is 1.60 bits per heavy atom. The van der Waals surface area contributed by atoms with Crippen LogP contribution in [0.1, 0.15) is 23.3 Å². The molecule has 1 saturated heterocycles. The van der Waals surface area contributed by atoms with E-state index in [1.807, 2.05) is 0 Å². The van der Waals surface area contributed by atoms with Crippen molar-refractivity contribution in [1.29, 1.82) is 0 Å². The molecule has 1 aromatic rings. The summed E-state index contributed by atoms with van der Waals surface area (Å²) in [5, 5.41) is 1.75. The van der Waals surface area contributed by atoms with E-state index in [1.165, 1.54) is 11.3 Å². The van der Waals surface area contributed by atoms with Crippen LogP contribution in [0, 0.1) is 5.92 Å². The second-order valence-electron chi connectivity index (χ2n) is 3.76. The molecule has 2 rings (SSSR count). The van der Waals surface area contributed by atoms with Crippen LogP contribution in [-0.4, -0.2) is 35.6 Å². The Kier molecular flexibility index (Phi) is 3.30. The number of carbonyl (C=O) groups is 1. The van der Waals surface area contributed by atoms with Gasteiger partial charge in [0.2, 0.25) is 0 Å². The lowest BCUT2D eigenvalue weighted by Gasteiger charge is -2.30. The van der Waals surface area contributed by atoms with Crippen molar-refractivity contribution in [3.05, 3.63) is 16.6 Å². The van der Waals surface area contributed by atoms with E-state index in [0.29, 0.717) is 18.8 Å². The van der Waals surface area contributed by atoms with Crippen molar-refractivity contribution in [2.24, 2.45) is 5.92 Å². The van der Waals surface area contributed by atoms with Crippen LogP contribution in [0.15, 0.2) is 10.9 Å². The van der Waals surface area contributed by atoms with Gasteiger partial charge >= 0.3 is 0 Å². The molecule has 0 bridgehead atoms. The number of halogens is 1. The van der Waals surface area contributed by atoms with Crippen LogP contribution in [0.5, 0.6) is 0 Å². The molecule has 0 atom stereocenters. The second kappa shape index (κ2) is 4.70. The van der Waals surface area contributed by atoms with Crippen LogP contribution in [0.4, 0.5) is 4.39 Å². The molecule has 1 fully saturated rings. The molecule has 5 heteroatoms. The minimum atomic E-state index is -0.265. The van der Waals surface area contributed by atoms with E-state index in [1.54, 1.807) is 15.8 Å². The molecule has 82 valence electrons. The van der Waals surface area contributed by atoms with Gasteiger partial charge in [-0.15, -0.1) is 11.3 Å². The largest absolute Gasteiger partial charge is 0.337 e. The normalized spacial score (nSPS) is 18.1. The zero-order chi connectivity index (χ0) is 10.7. The Morgan fingerprint density at radius 3 is 2.87 bits per heavy atom. The molecule has 0 radical (unpaired) electrons. The summed E-state index contributed by atoms with van der Waals surface area (Å²) in [6.45, 7) is 1.05. The number of rotatable bonds is 2. The second-order valence-corrected chi connectivity index (χ2v) is 4.48. The molecule has 0 unspecified atom stereocenters. The first-order valence-electron chi connectivity index (χ1n) is 5.04. The first-order valence-corrected chi connectivity index (χ1v) is 5.99.